The third-order valence-corrected chi connectivity index (χ3v) is 7.36. The molecule has 1 saturated carbocycles. The summed E-state index contributed by atoms with van der Waals surface area (Å²) in [5.74, 6) is -0.237. The fourth-order valence-electron chi connectivity index (χ4n) is 5.49. The highest BCUT2D eigenvalue weighted by atomic mass is 32.1. The number of amides is 1. The lowest BCUT2D eigenvalue weighted by atomic mass is 9.60. The van der Waals surface area contributed by atoms with Gasteiger partial charge in [-0.15, -0.1) is 0 Å². The van der Waals surface area contributed by atoms with Crippen LogP contribution in [0.3, 0.4) is 0 Å². The van der Waals surface area contributed by atoms with Crippen LogP contribution in [0.1, 0.15) is 67.4 Å². The molecule has 4 rings (SSSR count). The molecule has 0 radical (unpaired) electrons. The van der Waals surface area contributed by atoms with Crippen molar-refractivity contribution in [3.05, 3.63) is 76.9 Å². The summed E-state index contributed by atoms with van der Waals surface area (Å²) in [5, 5.41) is 6.17. The van der Waals surface area contributed by atoms with Crippen LogP contribution < -0.4 is 10.6 Å². The summed E-state index contributed by atoms with van der Waals surface area (Å²) in [6.45, 7) is 4.32. The van der Waals surface area contributed by atoms with Crippen molar-refractivity contribution in [2.45, 2.75) is 52.4 Å². The Labute approximate surface area is 207 Å². The highest BCUT2D eigenvalue weighted by Gasteiger charge is 2.46. The number of carbonyl (C=O) groups is 2. The minimum absolute atomic E-state index is 0.161. The molecular formula is C28H32N2O3S. The van der Waals surface area contributed by atoms with Gasteiger partial charge in [-0.05, 0) is 62.0 Å². The van der Waals surface area contributed by atoms with Gasteiger partial charge in [-0.25, -0.2) is 4.79 Å². The minimum atomic E-state index is -0.386. The molecule has 2 aliphatic carbocycles. The number of hydrogen-bond donors (Lipinski definition) is 2. The first kappa shape index (κ1) is 24.1. The van der Waals surface area contributed by atoms with Crippen molar-refractivity contribution in [3.63, 3.8) is 0 Å². The number of benzene rings is 2. The SMILES string of the molecule is CCOC(=O)C1=C(NC(=S)NC(=O)c2ccccc2)c2ccccc2C[C@@]1(C)C1CCCCC1. The van der Waals surface area contributed by atoms with Crippen LogP contribution in [0.4, 0.5) is 0 Å². The Morgan fingerprint density at radius 3 is 2.41 bits per heavy atom. The van der Waals surface area contributed by atoms with Crippen LogP contribution >= 0.6 is 12.2 Å². The topological polar surface area (TPSA) is 67.4 Å². The van der Waals surface area contributed by atoms with E-state index >= 15 is 0 Å². The summed E-state index contributed by atoms with van der Waals surface area (Å²) in [5.41, 5.74) is 3.51. The number of fused-ring (bicyclic) bond motifs is 1. The maximum atomic E-state index is 13.5. The van der Waals surface area contributed by atoms with Crippen molar-refractivity contribution in [2.24, 2.45) is 11.3 Å². The molecule has 0 saturated heterocycles. The third-order valence-electron chi connectivity index (χ3n) is 7.15. The van der Waals surface area contributed by atoms with Crippen molar-refractivity contribution >= 4 is 34.9 Å². The summed E-state index contributed by atoms with van der Waals surface area (Å²) in [4.78, 5) is 26.1. The second-order valence-electron chi connectivity index (χ2n) is 9.33. The highest BCUT2D eigenvalue weighted by molar-refractivity contribution is 7.80. The summed E-state index contributed by atoms with van der Waals surface area (Å²) < 4.78 is 5.58. The number of ether oxygens (including phenoxy) is 1. The lowest BCUT2D eigenvalue weighted by molar-refractivity contribution is -0.140. The number of hydrogen-bond acceptors (Lipinski definition) is 4. The maximum Gasteiger partial charge on any atom is 0.336 e. The Kier molecular flexibility index (Phi) is 7.47. The standard InChI is InChI=1S/C28H32N2O3S/c1-3-33-26(32)23-24(29-27(34)30-25(31)19-12-6-4-7-13-19)22-17-11-10-14-20(22)18-28(23,2)21-15-8-5-9-16-21/h4,6-7,10-14,17,21H,3,5,8-9,15-16,18H2,1-2H3,(H2,29,30,31,34)/t28-/m0/s1. The van der Waals surface area contributed by atoms with E-state index in [-0.39, 0.29) is 22.4 Å². The molecule has 2 aliphatic rings. The van der Waals surface area contributed by atoms with Crippen LogP contribution in [0, 0.1) is 11.3 Å². The number of carbonyl (C=O) groups excluding carboxylic acids is 2. The Morgan fingerprint density at radius 1 is 1.03 bits per heavy atom. The van der Waals surface area contributed by atoms with E-state index in [0.29, 0.717) is 29.4 Å². The van der Waals surface area contributed by atoms with Gasteiger partial charge in [0, 0.05) is 16.5 Å². The zero-order valence-corrected chi connectivity index (χ0v) is 20.7. The average Bonchev–Trinajstić information content (AvgIpc) is 2.85. The molecule has 0 aliphatic heterocycles. The zero-order chi connectivity index (χ0) is 24.1. The van der Waals surface area contributed by atoms with E-state index in [1.165, 1.54) is 24.8 Å². The summed E-state index contributed by atoms with van der Waals surface area (Å²) >= 11 is 5.55. The lowest BCUT2D eigenvalue weighted by Gasteiger charge is -2.45. The predicted molar refractivity (Wildman–Crippen MR) is 138 cm³/mol. The second-order valence-corrected chi connectivity index (χ2v) is 9.74. The molecule has 0 spiro atoms. The first-order valence-corrected chi connectivity index (χ1v) is 12.5. The predicted octanol–water partition coefficient (Wildman–Crippen LogP) is 5.41. The molecular weight excluding hydrogens is 444 g/mol. The molecule has 6 heteroatoms. The van der Waals surface area contributed by atoms with Gasteiger partial charge in [-0.1, -0.05) is 68.7 Å². The third kappa shape index (κ3) is 4.92. The van der Waals surface area contributed by atoms with Crippen LogP contribution in [0.2, 0.25) is 0 Å². The van der Waals surface area contributed by atoms with Gasteiger partial charge < -0.3 is 10.1 Å². The molecule has 2 aromatic carbocycles. The van der Waals surface area contributed by atoms with Crippen LogP contribution in [-0.4, -0.2) is 23.6 Å². The van der Waals surface area contributed by atoms with Crippen molar-refractivity contribution in [3.8, 4) is 0 Å². The van der Waals surface area contributed by atoms with Gasteiger partial charge >= 0.3 is 5.97 Å². The van der Waals surface area contributed by atoms with E-state index in [4.69, 9.17) is 17.0 Å². The molecule has 34 heavy (non-hydrogen) atoms. The summed E-state index contributed by atoms with van der Waals surface area (Å²) in [6.07, 6.45) is 6.53. The second kappa shape index (κ2) is 10.5. The quantitative estimate of drug-likeness (QED) is 0.446. The number of thiocarbonyl (C=S) groups is 1. The van der Waals surface area contributed by atoms with Crippen LogP contribution in [0.25, 0.3) is 5.70 Å². The number of nitrogens with one attached hydrogen (secondary N) is 2. The Hall–Kier alpha value is -2.99. The van der Waals surface area contributed by atoms with Gasteiger partial charge in [0.1, 0.15) is 0 Å². The maximum absolute atomic E-state index is 13.5. The van der Waals surface area contributed by atoms with E-state index in [1.807, 2.05) is 31.2 Å². The monoisotopic (exact) mass is 476 g/mol. The molecule has 2 aromatic rings. The van der Waals surface area contributed by atoms with Gasteiger partial charge in [0.15, 0.2) is 5.11 Å². The fraction of sp³-hybridized carbons (Fsp3) is 0.393. The van der Waals surface area contributed by atoms with Gasteiger partial charge in [0.2, 0.25) is 0 Å². The molecule has 0 bridgehead atoms. The average molecular weight is 477 g/mol. The van der Waals surface area contributed by atoms with Crippen molar-refractivity contribution in [1.29, 1.82) is 0 Å². The van der Waals surface area contributed by atoms with Gasteiger partial charge in [-0.2, -0.15) is 0 Å². The molecule has 178 valence electrons. The van der Waals surface area contributed by atoms with E-state index < -0.39 is 0 Å². The smallest absolute Gasteiger partial charge is 0.336 e. The van der Waals surface area contributed by atoms with Gasteiger partial charge in [0.25, 0.3) is 5.91 Å². The molecule has 0 unspecified atom stereocenters. The number of esters is 1. The van der Waals surface area contributed by atoms with E-state index in [1.54, 1.807) is 24.3 Å². The molecule has 1 atom stereocenters. The Morgan fingerprint density at radius 2 is 1.71 bits per heavy atom. The van der Waals surface area contributed by atoms with E-state index in [2.05, 4.69) is 23.6 Å². The Bertz CT molecular complexity index is 1110. The van der Waals surface area contributed by atoms with Crippen LogP contribution in [0.15, 0.2) is 60.2 Å². The van der Waals surface area contributed by atoms with E-state index in [0.717, 1.165) is 24.8 Å². The first-order chi connectivity index (χ1) is 16.4. The fourth-order valence-corrected chi connectivity index (χ4v) is 5.68. The Balaban J connectivity index is 1.74. The minimum Gasteiger partial charge on any atom is -0.463 e. The largest absolute Gasteiger partial charge is 0.463 e. The summed E-state index contributed by atoms with van der Waals surface area (Å²) in [6, 6.07) is 17.0. The van der Waals surface area contributed by atoms with Gasteiger partial charge in [0.05, 0.1) is 17.9 Å². The molecule has 1 fully saturated rings. The first-order valence-electron chi connectivity index (χ1n) is 12.1. The normalized spacial score (nSPS) is 20.3. The van der Waals surface area contributed by atoms with Gasteiger partial charge in [-0.3, -0.25) is 10.1 Å². The lowest BCUT2D eigenvalue weighted by Crippen LogP contribution is -2.45. The highest BCUT2D eigenvalue weighted by Crippen LogP contribution is 2.51. The summed E-state index contributed by atoms with van der Waals surface area (Å²) in [7, 11) is 0. The van der Waals surface area contributed by atoms with E-state index in [9.17, 15) is 9.59 Å². The molecule has 2 N–H and O–H groups in total. The molecule has 1 amide bonds. The zero-order valence-electron chi connectivity index (χ0n) is 19.9. The molecule has 5 nitrogen and oxygen atoms in total. The molecule has 0 aromatic heterocycles. The molecule has 0 heterocycles. The van der Waals surface area contributed by atoms with Crippen LogP contribution in [-0.2, 0) is 16.0 Å². The van der Waals surface area contributed by atoms with Crippen molar-refractivity contribution < 1.29 is 14.3 Å². The number of rotatable bonds is 5. The van der Waals surface area contributed by atoms with Crippen LogP contribution in [0.5, 0.6) is 0 Å². The van der Waals surface area contributed by atoms with Crippen molar-refractivity contribution in [2.75, 3.05) is 6.61 Å². The van der Waals surface area contributed by atoms with Crippen molar-refractivity contribution in [1.82, 2.24) is 10.6 Å².